The Morgan fingerprint density at radius 2 is 1.90 bits per heavy atom. The summed E-state index contributed by atoms with van der Waals surface area (Å²) in [6, 6.07) is 3.41. The third-order valence-electron chi connectivity index (χ3n) is 5.44. The predicted molar refractivity (Wildman–Crippen MR) is 123 cm³/mol. The number of carbonyl (C=O) groups excluding carboxylic acids is 2. The van der Waals surface area contributed by atoms with E-state index in [2.05, 4.69) is 22.1 Å². The number of aliphatic imine (C=N–C) groups is 1. The van der Waals surface area contributed by atoms with E-state index in [9.17, 15) is 9.59 Å². The maximum absolute atomic E-state index is 12.4. The fraction of sp³-hybridized carbons (Fsp3) is 0.650. The highest BCUT2D eigenvalue weighted by Gasteiger charge is 2.25. The van der Waals surface area contributed by atoms with Crippen molar-refractivity contribution < 1.29 is 14.0 Å². The molecule has 1 atom stereocenters. The molecular weight excluding hydrogens is 485 g/mol. The summed E-state index contributed by atoms with van der Waals surface area (Å²) >= 11 is 0. The number of rotatable bonds is 4. The first kappa shape index (κ1) is 23.5. The van der Waals surface area contributed by atoms with Gasteiger partial charge in [-0.15, -0.1) is 24.0 Å². The topological polar surface area (TPSA) is 81.4 Å². The van der Waals surface area contributed by atoms with Gasteiger partial charge in [0.25, 0.3) is 5.91 Å². The number of piperidine rings is 1. The Labute approximate surface area is 189 Å². The molecule has 0 aromatic carbocycles. The quantitative estimate of drug-likeness (QED) is 0.375. The highest BCUT2D eigenvalue weighted by molar-refractivity contribution is 14.0. The van der Waals surface area contributed by atoms with Crippen molar-refractivity contribution in [2.75, 3.05) is 52.9 Å². The molecule has 2 aliphatic heterocycles. The molecule has 0 aliphatic carbocycles. The van der Waals surface area contributed by atoms with Crippen LogP contribution in [0.25, 0.3) is 0 Å². The van der Waals surface area contributed by atoms with Crippen LogP contribution in [0, 0.1) is 5.92 Å². The molecule has 1 N–H and O–H groups in total. The third-order valence-corrected chi connectivity index (χ3v) is 5.44. The van der Waals surface area contributed by atoms with Gasteiger partial charge in [-0.05, 0) is 30.9 Å². The van der Waals surface area contributed by atoms with E-state index < -0.39 is 0 Å². The summed E-state index contributed by atoms with van der Waals surface area (Å²) in [6.45, 7) is 7.16. The molecule has 2 fully saturated rings. The van der Waals surface area contributed by atoms with Gasteiger partial charge in [-0.2, -0.15) is 0 Å². The minimum absolute atomic E-state index is 0. The van der Waals surface area contributed by atoms with E-state index >= 15 is 0 Å². The number of hydrogen-bond acceptors (Lipinski definition) is 4. The molecule has 2 aliphatic rings. The van der Waals surface area contributed by atoms with Crippen molar-refractivity contribution in [1.82, 2.24) is 20.0 Å². The van der Waals surface area contributed by atoms with Crippen molar-refractivity contribution in [3.8, 4) is 0 Å². The number of amides is 2. The second kappa shape index (κ2) is 11.4. The third kappa shape index (κ3) is 6.35. The van der Waals surface area contributed by atoms with Crippen molar-refractivity contribution in [3.05, 3.63) is 24.2 Å². The van der Waals surface area contributed by atoms with Gasteiger partial charge >= 0.3 is 0 Å². The van der Waals surface area contributed by atoms with Crippen molar-refractivity contribution in [2.24, 2.45) is 10.9 Å². The van der Waals surface area contributed by atoms with E-state index in [0.717, 1.165) is 25.5 Å². The van der Waals surface area contributed by atoms with Crippen LogP contribution in [0.15, 0.2) is 27.8 Å². The zero-order chi connectivity index (χ0) is 19.9. The number of halogens is 1. The molecular formula is C20H32IN5O3. The van der Waals surface area contributed by atoms with Gasteiger partial charge < -0.3 is 24.4 Å². The lowest BCUT2D eigenvalue weighted by Gasteiger charge is -2.36. The maximum atomic E-state index is 12.4. The van der Waals surface area contributed by atoms with Crippen LogP contribution in [0.4, 0.5) is 0 Å². The summed E-state index contributed by atoms with van der Waals surface area (Å²) in [6.07, 6.45) is 4.30. The highest BCUT2D eigenvalue weighted by Crippen LogP contribution is 2.16. The van der Waals surface area contributed by atoms with E-state index in [1.807, 2.05) is 4.90 Å². The molecule has 8 nitrogen and oxygen atoms in total. The standard InChI is InChI=1S/C20H31N5O3.HI/c1-16-5-3-9-25(15-16)18(26)7-8-22-20(21-2)24-12-10-23(11-13-24)19(27)17-6-4-14-28-17;/h4,6,14,16H,3,5,7-13,15H2,1-2H3,(H,21,22);1H. The molecule has 0 bridgehead atoms. The first-order valence-corrected chi connectivity index (χ1v) is 10.1. The normalized spacial score (nSPS) is 20.3. The van der Waals surface area contributed by atoms with Crippen molar-refractivity contribution >= 4 is 41.8 Å². The van der Waals surface area contributed by atoms with Gasteiger partial charge in [-0.1, -0.05) is 6.92 Å². The second-order valence-corrected chi connectivity index (χ2v) is 7.57. The van der Waals surface area contributed by atoms with Gasteiger partial charge in [0, 0.05) is 59.3 Å². The largest absolute Gasteiger partial charge is 0.459 e. The Morgan fingerprint density at radius 1 is 1.17 bits per heavy atom. The summed E-state index contributed by atoms with van der Waals surface area (Å²) in [5.41, 5.74) is 0. The Morgan fingerprint density at radius 3 is 2.52 bits per heavy atom. The number of likely N-dealkylation sites (tertiary alicyclic amines) is 1. The molecule has 0 saturated carbocycles. The average molecular weight is 517 g/mol. The van der Waals surface area contributed by atoms with Crippen LogP contribution in [0.2, 0.25) is 0 Å². The van der Waals surface area contributed by atoms with Crippen LogP contribution < -0.4 is 5.32 Å². The number of carbonyl (C=O) groups is 2. The molecule has 2 amide bonds. The van der Waals surface area contributed by atoms with Crippen LogP contribution in [0.5, 0.6) is 0 Å². The number of piperazine rings is 1. The molecule has 3 rings (SSSR count). The fourth-order valence-corrected chi connectivity index (χ4v) is 3.86. The van der Waals surface area contributed by atoms with Crippen LogP contribution in [-0.4, -0.2) is 85.3 Å². The predicted octanol–water partition coefficient (Wildman–Crippen LogP) is 1.88. The Balaban J connectivity index is 0.00000300. The van der Waals surface area contributed by atoms with Gasteiger partial charge in [-0.25, -0.2) is 0 Å². The van der Waals surface area contributed by atoms with Gasteiger partial charge in [0.05, 0.1) is 6.26 Å². The zero-order valence-corrected chi connectivity index (χ0v) is 19.6. The molecule has 9 heteroatoms. The van der Waals surface area contributed by atoms with E-state index in [0.29, 0.717) is 50.8 Å². The molecule has 3 heterocycles. The van der Waals surface area contributed by atoms with Crippen LogP contribution in [0.3, 0.4) is 0 Å². The SMILES string of the molecule is CN=C(NCCC(=O)N1CCCC(C)C1)N1CCN(C(=O)c2ccco2)CC1.I. The molecule has 1 aromatic rings. The Hall–Kier alpha value is -1.78. The zero-order valence-electron chi connectivity index (χ0n) is 17.3. The van der Waals surface area contributed by atoms with Crippen molar-refractivity contribution in [3.63, 3.8) is 0 Å². The maximum Gasteiger partial charge on any atom is 0.289 e. The molecule has 0 spiro atoms. The number of nitrogens with zero attached hydrogens (tertiary/aromatic N) is 4. The molecule has 29 heavy (non-hydrogen) atoms. The molecule has 0 radical (unpaired) electrons. The Kier molecular flexibility index (Phi) is 9.25. The summed E-state index contributed by atoms with van der Waals surface area (Å²) in [5.74, 6) is 1.89. The molecule has 1 aromatic heterocycles. The summed E-state index contributed by atoms with van der Waals surface area (Å²) in [7, 11) is 1.75. The number of nitrogens with one attached hydrogen (secondary N) is 1. The monoisotopic (exact) mass is 517 g/mol. The van der Waals surface area contributed by atoms with Crippen molar-refractivity contribution in [2.45, 2.75) is 26.2 Å². The number of guanidine groups is 1. The van der Waals surface area contributed by atoms with Gasteiger partial charge in [0.1, 0.15) is 0 Å². The van der Waals surface area contributed by atoms with Crippen LogP contribution in [-0.2, 0) is 4.79 Å². The second-order valence-electron chi connectivity index (χ2n) is 7.57. The number of furan rings is 1. The molecule has 162 valence electrons. The van der Waals surface area contributed by atoms with E-state index in [-0.39, 0.29) is 35.8 Å². The summed E-state index contributed by atoms with van der Waals surface area (Å²) in [5, 5.41) is 3.30. The van der Waals surface area contributed by atoms with Gasteiger partial charge in [0.2, 0.25) is 5.91 Å². The van der Waals surface area contributed by atoms with Gasteiger partial charge in [0.15, 0.2) is 11.7 Å². The summed E-state index contributed by atoms with van der Waals surface area (Å²) in [4.78, 5) is 35.0. The lowest BCUT2D eigenvalue weighted by atomic mass is 10.00. The average Bonchev–Trinajstić information content (AvgIpc) is 3.25. The van der Waals surface area contributed by atoms with E-state index in [4.69, 9.17) is 4.42 Å². The first-order valence-electron chi connectivity index (χ1n) is 10.1. The lowest BCUT2D eigenvalue weighted by molar-refractivity contribution is -0.132. The van der Waals surface area contributed by atoms with Crippen LogP contribution >= 0.6 is 24.0 Å². The first-order chi connectivity index (χ1) is 13.6. The van der Waals surface area contributed by atoms with Crippen molar-refractivity contribution in [1.29, 1.82) is 0 Å². The highest BCUT2D eigenvalue weighted by atomic mass is 127. The van der Waals surface area contributed by atoms with E-state index in [1.165, 1.54) is 12.7 Å². The molecule has 1 unspecified atom stereocenters. The Bertz CT molecular complexity index is 686. The smallest absolute Gasteiger partial charge is 0.289 e. The number of hydrogen-bond donors (Lipinski definition) is 1. The van der Waals surface area contributed by atoms with E-state index in [1.54, 1.807) is 24.1 Å². The minimum Gasteiger partial charge on any atom is -0.459 e. The fourth-order valence-electron chi connectivity index (χ4n) is 3.86. The summed E-state index contributed by atoms with van der Waals surface area (Å²) < 4.78 is 5.20. The minimum atomic E-state index is -0.0750. The van der Waals surface area contributed by atoms with Crippen LogP contribution in [0.1, 0.15) is 36.7 Å². The van der Waals surface area contributed by atoms with Gasteiger partial charge in [-0.3, -0.25) is 14.6 Å². The molecule has 2 saturated heterocycles. The lowest BCUT2D eigenvalue weighted by Crippen LogP contribution is -2.54.